The van der Waals surface area contributed by atoms with Crippen molar-refractivity contribution in [2.75, 3.05) is 46.3 Å². The van der Waals surface area contributed by atoms with Crippen LogP contribution in [0, 0.1) is 11.8 Å². The molecule has 0 bridgehead atoms. The van der Waals surface area contributed by atoms with Gasteiger partial charge in [-0.2, -0.15) is 0 Å². The predicted octanol–water partition coefficient (Wildman–Crippen LogP) is 3.48. The lowest BCUT2D eigenvalue weighted by Gasteiger charge is -2.23. The van der Waals surface area contributed by atoms with E-state index in [4.69, 9.17) is 0 Å². The minimum absolute atomic E-state index is 0. The van der Waals surface area contributed by atoms with Gasteiger partial charge in [0.05, 0.1) is 0 Å². The van der Waals surface area contributed by atoms with Crippen LogP contribution in [0.4, 0.5) is 0 Å². The van der Waals surface area contributed by atoms with Crippen LogP contribution in [0.25, 0.3) is 0 Å². The molecule has 2 saturated heterocycles. The van der Waals surface area contributed by atoms with Crippen LogP contribution in [0.15, 0.2) is 35.3 Å². The van der Waals surface area contributed by atoms with Gasteiger partial charge in [-0.15, -0.1) is 24.0 Å². The Morgan fingerprint density at radius 3 is 2.62 bits per heavy atom. The highest BCUT2D eigenvalue weighted by molar-refractivity contribution is 14.0. The molecule has 2 aliphatic rings. The van der Waals surface area contributed by atoms with Gasteiger partial charge in [0.15, 0.2) is 5.96 Å². The summed E-state index contributed by atoms with van der Waals surface area (Å²) >= 11 is 0. The zero-order chi connectivity index (χ0) is 17.5. The fraction of sp³-hybridized carbons (Fsp3) is 0.667. The maximum atomic E-state index is 4.55. The summed E-state index contributed by atoms with van der Waals surface area (Å²) in [6.07, 6.45) is 5.03. The Balaban J connectivity index is 0.00000243. The second-order valence-electron chi connectivity index (χ2n) is 7.67. The summed E-state index contributed by atoms with van der Waals surface area (Å²) in [5.41, 5.74) is 1.46. The Labute approximate surface area is 176 Å². The van der Waals surface area contributed by atoms with E-state index in [0.29, 0.717) is 0 Å². The predicted molar refractivity (Wildman–Crippen MR) is 121 cm³/mol. The normalized spacial score (nSPS) is 23.9. The van der Waals surface area contributed by atoms with Crippen LogP contribution in [0.3, 0.4) is 0 Å². The highest BCUT2D eigenvalue weighted by Gasteiger charge is 2.26. The maximum absolute atomic E-state index is 4.55. The van der Waals surface area contributed by atoms with Crippen LogP contribution in [0.2, 0.25) is 0 Å². The summed E-state index contributed by atoms with van der Waals surface area (Å²) in [6.45, 7) is 9.35. The third-order valence-corrected chi connectivity index (χ3v) is 5.62. The van der Waals surface area contributed by atoms with Gasteiger partial charge in [0.1, 0.15) is 0 Å². The molecule has 2 heterocycles. The average Bonchev–Trinajstić information content (AvgIpc) is 3.27. The van der Waals surface area contributed by atoms with Crippen LogP contribution in [-0.4, -0.2) is 62.1 Å². The summed E-state index contributed by atoms with van der Waals surface area (Å²) < 4.78 is 0. The summed E-state index contributed by atoms with van der Waals surface area (Å²) in [7, 11) is 1.92. The van der Waals surface area contributed by atoms with Gasteiger partial charge in [0.25, 0.3) is 0 Å². The molecular formula is C21H35IN4. The number of nitrogens with one attached hydrogen (secondary N) is 1. The largest absolute Gasteiger partial charge is 0.356 e. The van der Waals surface area contributed by atoms with E-state index in [1.807, 2.05) is 7.05 Å². The van der Waals surface area contributed by atoms with Crippen LogP contribution in [0.1, 0.15) is 31.7 Å². The van der Waals surface area contributed by atoms with E-state index in [-0.39, 0.29) is 24.0 Å². The van der Waals surface area contributed by atoms with Crippen molar-refractivity contribution >= 4 is 29.9 Å². The number of halogens is 1. The second-order valence-corrected chi connectivity index (χ2v) is 7.67. The average molecular weight is 470 g/mol. The summed E-state index contributed by atoms with van der Waals surface area (Å²) in [5, 5.41) is 3.65. The molecule has 2 atom stereocenters. The number of guanidine groups is 1. The fourth-order valence-corrected chi connectivity index (χ4v) is 4.31. The lowest BCUT2D eigenvalue weighted by atomic mass is 9.99. The van der Waals surface area contributed by atoms with E-state index < -0.39 is 0 Å². The number of hydrogen-bond acceptors (Lipinski definition) is 2. The molecule has 146 valence electrons. The molecule has 2 fully saturated rings. The standard InChI is InChI=1S/C21H34N4.HI/c1-3-11-24-12-9-20(16-24)15-23-21(22-2)25-13-10-19(17-25)14-18-7-5-4-6-8-18;/h4-8,19-20H,3,9-17H2,1-2H3,(H,22,23);1H. The van der Waals surface area contributed by atoms with Gasteiger partial charge in [0.2, 0.25) is 0 Å². The number of nitrogens with zero attached hydrogens (tertiary/aromatic N) is 3. The zero-order valence-corrected chi connectivity index (χ0v) is 18.7. The van der Waals surface area contributed by atoms with Crippen molar-refractivity contribution in [3.63, 3.8) is 0 Å². The quantitative estimate of drug-likeness (QED) is 0.393. The van der Waals surface area contributed by atoms with Crippen LogP contribution < -0.4 is 5.32 Å². The van der Waals surface area contributed by atoms with Crippen molar-refractivity contribution in [1.29, 1.82) is 0 Å². The van der Waals surface area contributed by atoms with Crippen molar-refractivity contribution < 1.29 is 0 Å². The fourth-order valence-electron chi connectivity index (χ4n) is 4.31. The molecule has 3 rings (SSSR count). The number of likely N-dealkylation sites (tertiary alicyclic amines) is 2. The van der Waals surface area contributed by atoms with E-state index in [1.165, 1.54) is 50.9 Å². The minimum atomic E-state index is 0. The molecule has 26 heavy (non-hydrogen) atoms. The van der Waals surface area contributed by atoms with E-state index in [0.717, 1.165) is 37.4 Å². The molecule has 2 aliphatic heterocycles. The first kappa shape index (κ1) is 21.5. The third kappa shape index (κ3) is 6.12. The molecule has 1 aromatic rings. The van der Waals surface area contributed by atoms with Gasteiger partial charge in [-0.05, 0) is 56.2 Å². The van der Waals surface area contributed by atoms with E-state index >= 15 is 0 Å². The lowest BCUT2D eigenvalue weighted by molar-refractivity contribution is 0.324. The van der Waals surface area contributed by atoms with Crippen molar-refractivity contribution in [1.82, 2.24) is 15.1 Å². The molecule has 4 nitrogen and oxygen atoms in total. The Kier molecular flexibility index (Phi) is 9.19. The van der Waals surface area contributed by atoms with E-state index in [2.05, 4.69) is 57.4 Å². The maximum Gasteiger partial charge on any atom is 0.193 e. The minimum Gasteiger partial charge on any atom is -0.356 e. The third-order valence-electron chi connectivity index (χ3n) is 5.62. The topological polar surface area (TPSA) is 30.9 Å². The summed E-state index contributed by atoms with van der Waals surface area (Å²) in [4.78, 5) is 9.59. The first-order valence-corrected chi connectivity index (χ1v) is 10.00. The number of benzene rings is 1. The molecule has 5 heteroatoms. The monoisotopic (exact) mass is 470 g/mol. The van der Waals surface area contributed by atoms with Crippen LogP contribution in [0.5, 0.6) is 0 Å². The Morgan fingerprint density at radius 2 is 1.88 bits per heavy atom. The first-order valence-electron chi connectivity index (χ1n) is 10.00. The molecule has 1 N–H and O–H groups in total. The van der Waals surface area contributed by atoms with Crippen LogP contribution >= 0.6 is 24.0 Å². The molecule has 0 saturated carbocycles. The van der Waals surface area contributed by atoms with Crippen molar-refractivity contribution in [2.24, 2.45) is 16.8 Å². The van der Waals surface area contributed by atoms with Gasteiger partial charge < -0.3 is 15.1 Å². The second kappa shape index (κ2) is 11.1. The number of aliphatic imine (C=N–C) groups is 1. The molecular weight excluding hydrogens is 435 g/mol. The Bertz CT molecular complexity index is 548. The molecule has 0 aliphatic carbocycles. The summed E-state index contributed by atoms with van der Waals surface area (Å²) in [6, 6.07) is 10.9. The van der Waals surface area contributed by atoms with Gasteiger partial charge in [-0.25, -0.2) is 0 Å². The van der Waals surface area contributed by atoms with Gasteiger partial charge in [0, 0.05) is 33.2 Å². The Morgan fingerprint density at radius 1 is 1.12 bits per heavy atom. The highest BCUT2D eigenvalue weighted by Crippen LogP contribution is 2.21. The van der Waals surface area contributed by atoms with Crippen LogP contribution in [-0.2, 0) is 6.42 Å². The van der Waals surface area contributed by atoms with Gasteiger partial charge in [-0.1, -0.05) is 37.3 Å². The lowest BCUT2D eigenvalue weighted by Crippen LogP contribution is -2.42. The van der Waals surface area contributed by atoms with Gasteiger partial charge in [-0.3, -0.25) is 4.99 Å². The molecule has 2 unspecified atom stereocenters. The molecule has 1 aromatic carbocycles. The molecule has 0 radical (unpaired) electrons. The SMILES string of the molecule is CCCN1CCC(CNC(=NC)N2CCC(Cc3ccccc3)C2)C1.I. The van der Waals surface area contributed by atoms with E-state index in [1.54, 1.807) is 0 Å². The van der Waals surface area contributed by atoms with Gasteiger partial charge >= 0.3 is 0 Å². The molecule has 0 aromatic heterocycles. The van der Waals surface area contributed by atoms with Crippen molar-refractivity contribution in [2.45, 2.75) is 32.6 Å². The smallest absolute Gasteiger partial charge is 0.193 e. The number of rotatable bonds is 6. The Hall–Kier alpha value is -0.820. The molecule has 0 spiro atoms. The first-order chi connectivity index (χ1) is 12.3. The van der Waals surface area contributed by atoms with Crippen molar-refractivity contribution in [3.8, 4) is 0 Å². The zero-order valence-electron chi connectivity index (χ0n) is 16.4. The summed E-state index contributed by atoms with van der Waals surface area (Å²) in [5.74, 6) is 2.61. The molecule has 0 amide bonds. The highest BCUT2D eigenvalue weighted by atomic mass is 127. The van der Waals surface area contributed by atoms with Crippen molar-refractivity contribution in [3.05, 3.63) is 35.9 Å². The number of hydrogen-bond donors (Lipinski definition) is 1. The van der Waals surface area contributed by atoms with E-state index in [9.17, 15) is 0 Å².